The monoisotopic (exact) mass is 306 g/mol. The molecule has 0 aliphatic carbocycles. The van der Waals surface area contributed by atoms with Crippen LogP contribution in [0.15, 0.2) is 35.8 Å². The highest BCUT2D eigenvalue weighted by molar-refractivity contribution is 7.09. The van der Waals surface area contributed by atoms with Gasteiger partial charge in [0.25, 0.3) is 5.91 Å². The van der Waals surface area contributed by atoms with Crippen molar-refractivity contribution in [2.75, 3.05) is 7.11 Å². The first-order valence-corrected chi connectivity index (χ1v) is 7.53. The van der Waals surface area contributed by atoms with Gasteiger partial charge < -0.3 is 14.6 Å². The Morgan fingerprint density at radius 1 is 1.38 bits per heavy atom. The van der Waals surface area contributed by atoms with Gasteiger partial charge >= 0.3 is 5.97 Å². The van der Waals surface area contributed by atoms with Crippen LogP contribution in [0.4, 0.5) is 0 Å². The van der Waals surface area contributed by atoms with Crippen LogP contribution in [0.5, 0.6) is 0 Å². The van der Waals surface area contributed by atoms with Crippen LogP contribution in [-0.2, 0) is 16.1 Å². The standard InChI is InChI=1S/C15H18N2O3S/c1-11(9-14(18)20-2)16-15(19)13-6-3-7-17(13)10-12-5-4-8-21-12/h3-8,11H,9-10H2,1-2H3,(H,16,19)/t11-/m1/s1. The van der Waals surface area contributed by atoms with Gasteiger partial charge in [0.1, 0.15) is 5.69 Å². The second-order valence-electron chi connectivity index (χ2n) is 4.76. The number of nitrogens with one attached hydrogen (secondary N) is 1. The van der Waals surface area contributed by atoms with Crippen molar-refractivity contribution in [1.29, 1.82) is 0 Å². The van der Waals surface area contributed by atoms with Crippen molar-refractivity contribution in [3.63, 3.8) is 0 Å². The van der Waals surface area contributed by atoms with E-state index in [1.54, 1.807) is 24.3 Å². The second kappa shape index (κ2) is 7.08. The van der Waals surface area contributed by atoms with Gasteiger partial charge in [-0.15, -0.1) is 11.3 Å². The molecule has 0 saturated carbocycles. The van der Waals surface area contributed by atoms with Crippen LogP contribution < -0.4 is 5.32 Å². The smallest absolute Gasteiger partial charge is 0.307 e. The number of esters is 1. The van der Waals surface area contributed by atoms with E-state index in [4.69, 9.17) is 0 Å². The molecular weight excluding hydrogens is 288 g/mol. The molecule has 0 radical (unpaired) electrons. The third kappa shape index (κ3) is 4.19. The number of carbonyl (C=O) groups excluding carboxylic acids is 2. The zero-order valence-corrected chi connectivity index (χ0v) is 12.9. The molecule has 0 bridgehead atoms. The maximum atomic E-state index is 12.3. The van der Waals surface area contributed by atoms with Gasteiger partial charge in [0, 0.05) is 17.1 Å². The number of ether oxygens (including phenoxy) is 1. The van der Waals surface area contributed by atoms with Crippen LogP contribution in [0.3, 0.4) is 0 Å². The molecule has 0 aliphatic heterocycles. The van der Waals surface area contributed by atoms with Crippen LogP contribution in [0.1, 0.15) is 28.7 Å². The fraction of sp³-hybridized carbons (Fsp3) is 0.333. The summed E-state index contributed by atoms with van der Waals surface area (Å²) in [6, 6.07) is 7.37. The number of hydrogen-bond donors (Lipinski definition) is 1. The Bertz CT molecular complexity index is 604. The number of rotatable bonds is 6. The summed E-state index contributed by atoms with van der Waals surface area (Å²) in [5.74, 6) is -0.523. The first-order chi connectivity index (χ1) is 10.1. The Kier molecular flexibility index (Phi) is 5.16. The molecule has 0 spiro atoms. The van der Waals surface area contributed by atoms with Gasteiger partial charge in [0.05, 0.1) is 20.1 Å². The van der Waals surface area contributed by atoms with Gasteiger partial charge in [-0.2, -0.15) is 0 Å². The molecule has 0 saturated heterocycles. The molecule has 1 N–H and O–H groups in total. The molecule has 2 rings (SSSR count). The predicted molar refractivity (Wildman–Crippen MR) is 81.4 cm³/mol. The minimum atomic E-state index is -0.336. The molecule has 2 aromatic heterocycles. The molecule has 6 heteroatoms. The van der Waals surface area contributed by atoms with E-state index in [0.29, 0.717) is 12.2 Å². The van der Waals surface area contributed by atoms with Crippen LogP contribution in [0.2, 0.25) is 0 Å². The summed E-state index contributed by atoms with van der Waals surface area (Å²) in [5, 5.41) is 4.82. The summed E-state index contributed by atoms with van der Waals surface area (Å²) in [4.78, 5) is 24.6. The lowest BCUT2D eigenvalue weighted by molar-refractivity contribution is -0.141. The lowest BCUT2D eigenvalue weighted by Crippen LogP contribution is -2.35. The van der Waals surface area contributed by atoms with E-state index < -0.39 is 0 Å². The van der Waals surface area contributed by atoms with Crippen molar-refractivity contribution >= 4 is 23.2 Å². The maximum absolute atomic E-state index is 12.3. The Balaban J connectivity index is 2.00. The van der Waals surface area contributed by atoms with Crippen LogP contribution in [0.25, 0.3) is 0 Å². The van der Waals surface area contributed by atoms with E-state index in [0.717, 1.165) is 0 Å². The maximum Gasteiger partial charge on any atom is 0.307 e. The summed E-state index contributed by atoms with van der Waals surface area (Å²) in [6.07, 6.45) is 2.04. The predicted octanol–water partition coefficient (Wildman–Crippen LogP) is 2.28. The largest absolute Gasteiger partial charge is 0.469 e. The number of amides is 1. The summed E-state index contributed by atoms with van der Waals surface area (Å²) in [7, 11) is 1.34. The van der Waals surface area contributed by atoms with Gasteiger partial charge in [0.2, 0.25) is 0 Å². The van der Waals surface area contributed by atoms with Crippen molar-refractivity contribution in [2.45, 2.75) is 25.9 Å². The molecule has 0 fully saturated rings. The first-order valence-electron chi connectivity index (χ1n) is 6.65. The summed E-state index contributed by atoms with van der Waals surface area (Å²) >= 11 is 1.65. The molecule has 0 aromatic carbocycles. The average molecular weight is 306 g/mol. The van der Waals surface area contributed by atoms with E-state index in [1.165, 1.54) is 12.0 Å². The van der Waals surface area contributed by atoms with Gasteiger partial charge in [-0.3, -0.25) is 9.59 Å². The lowest BCUT2D eigenvalue weighted by atomic mass is 10.2. The highest BCUT2D eigenvalue weighted by Crippen LogP contribution is 2.13. The van der Waals surface area contributed by atoms with Crippen molar-refractivity contribution in [2.24, 2.45) is 0 Å². The Labute approximate surface area is 127 Å². The molecule has 0 unspecified atom stereocenters. The minimum Gasteiger partial charge on any atom is -0.469 e. The SMILES string of the molecule is COC(=O)C[C@@H](C)NC(=O)c1cccn1Cc1cccs1. The van der Waals surface area contributed by atoms with Crippen molar-refractivity contribution in [3.8, 4) is 0 Å². The third-order valence-electron chi connectivity index (χ3n) is 3.05. The van der Waals surface area contributed by atoms with Crippen LogP contribution in [-0.4, -0.2) is 29.6 Å². The van der Waals surface area contributed by atoms with Crippen LogP contribution >= 0.6 is 11.3 Å². The number of thiophene rings is 1. The third-order valence-corrected chi connectivity index (χ3v) is 3.91. The van der Waals surface area contributed by atoms with E-state index in [-0.39, 0.29) is 24.3 Å². The topological polar surface area (TPSA) is 60.3 Å². The fourth-order valence-corrected chi connectivity index (χ4v) is 2.71. The van der Waals surface area contributed by atoms with E-state index >= 15 is 0 Å². The fourth-order valence-electron chi connectivity index (χ4n) is 2.01. The van der Waals surface area contributed by atoms with Crippen molar-refractivity contribution < 1.29 is 14.3 Å². The Morgan fingerprint density at radius 3 is 2.86 bits per heavy atom. The van der Waals surface area contributed by atoms with Gasteiger partial charge in [-0.1, -0.05) is 6.07 Å². The number of methoxy groups -OCH3 is 1. The van der Waals surface area contributed by atoms with Gasteiger partial charge in [-0.25, -0.2) is 0 Å². The molecule has 112 valence electrons. The molecule has 0 aliphatic rings. The summed E-state index contributed by atoms with van der Waals surface area (Å²) < 4.78 is 6.49. The zero-order valence-electron chi connectivity index (χ0n) is 12.0. The number of hydrogen-bond acceptors (Lipinski definition) is 4. The van der Waals surface area contributed by atoms with E-state index in [2.05, 4.69) is 10.1 Å². The molecule has 2 aromatic rings. The molecular formula is C15H18N2O3S. The zero-order chi connectivity index (χ0) is 15.2. The number of carbonyl (C=O) groups is 2. The Hall–Kier alpha value is -2.08. The molecule has 2 heterocycles. The lowest BCUT2D eigenvalue weighted by Gasteiger charge is -2.14. The number of nitrogens with zero attached hydrogens (tertiary/aromatic N) is 1. The number of aromatic nitrogens is 1. The van der Waals surface area contributed by atoms with Gasteiger partial charge in [-0.05, 0) is 30.5 Å². The van der Waals surface area contributed by atoms with Crippen molar-refractivity contribution in [1.82, 2.24) is 9.88 Å². The van der Waals surface area contributed by atoms with Crippen LogP contribution in [0, 0.1) is 0 Å². The quantitative estimate of drug-likeness (QED) is 0.833. The molecule has 21 heavy (non-hydrogen) atoms. The highest BCUT2D eigenvalue weighted by atomic mass is 32.1. The molecule has 5 nitrogen and oxygen atoms in total. The summed E-state index contributed by atoms with van der Waals surface area (Å²) in [5.41, 5.74) is 0.583. The Morgan fingerprint density at radius 2 is 2.19 bits per heavy atom. The van der Waals surface area contributed by atoms with Crippen molar-refractivity contribution in [3.05, 3.63) is 46.4 Å². The molecule has 1 amide bonds. The van der Waals surface area contributed by atoms with Gasteiger partial charge in [0.15, 0.2) is 0 Å². The average Bonchev–Trinajstić information content (AvgIpc) is 3.10. The second-order valence-corrected chi connectivity index (χ2v) is 5.79. The van der Waals surface area contributed by atoms with E-state index in [1.807, 2.05) is 34.3 Å². The minimum absolute atomic E-state index is 0.161. The normalized spacial score (nSPS) is 11.9. The molecule has 1 atom stereocenters. The summed E-state index contributed by atoms with van der Waals surface area (Å²) in [6.45, 7) is 2.44. The highest BCUT2D eigenvalue weighted by Gasteiger charge is 2.16. The van der Waals surface area contributed by atoms with E-state index in [9.17, 15) is 9.59 Å². The first kappa shape index (κ1) is 15.3.